The van der Waals surface area contributed by atoms with Crippen LogP contribution in [0.25, 0.3) is 0 Å². The molecule has 0 aromatic carbocycles. The van der Waals surface area contributed by atoms with E-state index in [-0.39, 0.29) is 0 Å². The summed E-state index contributed by atoms with van der Waals surface area (Å²) in [5, 5.41) is 0. The molecule has 0 heterocycles. The molecule has 9 atom stereocenters. The highest BCUT2D eigenvalue weighted by molar-refractivity contribution is 5.78. The van der Waals surface area contributed by atoms with Crippen LogP contribution in [0.2, 0.25) is 0 Å². The summed E-state index contributed by atoms with van der Waals surface area (Å²) in [6.07, 6.45) is 17.4. The molecule has 0 bridgehead atoms. The van der Waals surface area contributed by atoms with Gasteiger partial charge >= 0.3 is 0 Å². The van der Waals surface area contributed by atoms with Crippen LogP contribution in [-0.2, 0) is 4.79 Å². The second kappa shape index (κ2) is 9.22. The first kappa shape index (κ1) is 24.5. The lowest BCUT2D eigenvalue weighted by Crippen LogP contribution is -2.50. The summed E-state index contributed by atoms with van der Waals surface area (Å²) >= 11 is 0. The number of carbonyl (C=O) groups excluding carboxylic acids is 1. The molecule has 0 radical (unpaired) electrons. The van der Waals surface area contributed by atoms with Gasteiger partial charge in [-0.15, -0.1) is 0 Å². The third kappa shape index (κ3) is 4.07. The highest BCUT2D eigenvalue weighted by Crippen LogP contribution is 2.67. The Balaban J connectivity index is 1.47. The summed E-state index contributed by atoms with van der Waals surface area (Å²) in [5.41, 5.74) is 2.61. The Morgan fingerprint density at radius 3 is 2.44 bits per heavy atom. The fourth-order valence-electron chi connectivity index (χ4n) is 9.67. The Labute approximate surface area is 199 Å². The van der Waals surface area contributed by atoms with E-state index in [1.807, 2.05) is 6.92 Å². The summed E-state index contributed by atoms with van der Waals surface area (Å²) in [6, 6.07) is 0. The van der Waals surface area contributed by atoms with Crippen molar-refractivity contribution < 1.29 is 4.79 Å². The molecular formula is C31H52O. The number of hydrogen-bond acceptors (Lipinski definition) is 1. The molecule has 4 aliphatic carbocycles. The number of rotatable bonds is 7. The Morgan fingerprint density at radius 2 is 1.78 bits per heavy atom. The highest BCUT2D eigenvalue weighted by atomic mass is 16.1. The molecule has 4 aliphatic rings. The molecule has 3 fully saturated rings. The summed E-state index contributed by atoms with van der Waals surface area (Å²) in [7, 11) is 0. The van der Waals surface area contributed by atoms with Crippen molar-refractivity contribution in [3.63, 3.8) is 0 Å². The van der Waals surface area contributed by atoms with Gasteiger partial charge in [0, 0.05) is 5.92 Å². The van der Waals surface area contributed by atoms with Crippen molar-refractivity contribution in [1.29, 1.82) is 0 Å². The lowest BCUT2D eigenvalue weighted by atomic mass is 9.46. The fourth-order valence-corrected chi connectivity index (χ4v) is 9.67. The van der Waals surface area contributed by atoms with E-state index in [1.165, 1.54) is 57.8 Å². The number of Topliss-reactive ketones (excluding diaryl/α,β-unsaturated/α-hetero) is 1. The zero-order chi connectivity index (χ0) is 23.3. The van der Waals surface area contributed by atoms with Crippen molar-refractivity contribution in [2.45, 2.75) is 119 Å². The van der Waals surface area contributed by atoms with E-state index in [2.05, 4.69) is 47.6 Å². The Bertz CT molecular complexity index is 718. The molecule has 0 saturated heterocycles. The minimum atomic E-state index is 0.300. The van der Waals surface area contributed by atoms with Gasteiger partial charge in [0.15, 0.2) is 0 Å². The third-order valence-corrected chi connectivity index (χ3v) is 11.9. The van der Waals surface area contributed by atoms with Gasteiger partial charge in [-0.1, -0.05) is 66.0 Å². The summed E-state index contributed by atoms with van der Waals surface area (Å²) < 4.78 is 0. The van der Waals surface area contributed by atoms with Crippen LogP contribution in [0.15, 0.2) is 11.6 Å². The first-order chi connectivity index (χ1) is 15.1. The standard InChI is InChI=1S/C31H52O/c1-8-23(20(2)3)10-9-21(4)27-13-14-28-26-12-11-25-19-24(22(5)32)15-17-30(25,6)29(26)16-18-31(27,28)7/h11,20-21,23-24,26-29H,8-10,12-19H2,1-7H3/t21-,23-,24+,26+,27-,28+,29+,30+,31-/m1/s1. The van der Waals surface area contributed by atoms with Crippen LogP contribution in [0.1, 0.15) is 119 Å². The van der Waals surface area contributed by atoms with E-state index in [4.69, 9.17) is 0 Å². The van der Waals surface area contributed by atoms with E-state index in [0.29, 0.717) is 22.5 Å². The lowest BCUT2D eigenvalue weighted by Gasteiger charge is -2.58. The largest absolute Gasteiger partial charge is 0.300 e. The third-order valence-electron chi connectivity index (χ3n) is 11.9. The first-order valence-electron chi connectivity index (χ1n) is 14.3. The minimum absolute atomic E-state index is 0.300. The normalized spacial score (nSPS) is 43.1. The van der Waals surface area contributed by atoms with Crippen molar-refractivity contribution in [2.75, 3.05) is 0 Å². The van der Waals surface area contributed by atoms with Crippen LogP contribution < -0.4 is 0 Å². The first-order valence-corrected chi connectivity index (χ1v) is 14.3. The van der Waals surface area contributed by atoms with Gasteiger partial charge in [-0.3, -0.25) is 4.79 Å². The van der Waals surface area contributed by atoms with E-state index < -0.39 is 0 Å². The molecule has 4 rings (SSSR count). The van der Waals surface area contributed by atoms with E-state index in [0.717, 1.165) is 54.3 Å². The number of ketones is 1. The summed E-state index contributed by atoms with van der Waals surface area (Å²) in [6.45, 7) is 16.9. The molecule has 3 saturated carbocycles. The van der Waals surface area contributed by atoms with Gasteiger partial charge in [0.25, 0.3) is 0 Å². The molecule has 182 valence electrons. The quantitative estimate of drug-likeness (QED) is 0.361. The van der Waals surface area contributed by atoms with Gasteiger partial charge in [0.2, 0.25) is 0 Å². The maximum absolute atomic E-state index is 12.1. The topological polar surface area (TPSA) is 17.1 Å². The molecule has 0 aromatic heterocycles. The maximum atomic E-state index is 12.1. The lowest BCUT2D eigenvalue weighted by molar-refractivity contribution is -0.122. The molecule has 0 spiro atoms. The molecular weight excluding hydrogens is 388 g/mol. The van der Waals surface area contributed by atoms with Crippen molar-refractivity contribution in [3.8, 4) is 0 Å². The molecule has 0 aliphatic heterocycles. The zero-order valence-corrected chi connectivity index (χ0v) is 22.4. The SMILES string of the molecule is CC[C@H](CC[C@@H](C)[C@H]1CC[C@H]2[C@@H]3CC=C4C[C@@H](C(C)=O)CC[C@]4(C)[C@H]3CC[C@]12C)C(C)C. The smallest absolute Gasteiger partial charge is 0.133 e. The van der Waals surface area contributed by atoms with Gasteiger partial charge in [-0.25, -0.2) is 0 Å². The van der Waals surface area contributed by atoms with Crippen molar-refractivity contribution in [2.24, 2.45) is 58.2 Å². The molecule has 0 unspecified atom stereocenters. The van der Waals surface area contributed by atoms with E-state index in [1.54, 1.807) is 5.57 Å². The number of allylic oxidation sites excluding steroid dienone is 2. The number of carbonyl (C=O) groups is 1. The van der Waals surface area contributed by atoms with Gasteiger partial charge < -0.3 is 0 Å². The molecule has 0 amide bonds. The second-order valence-electron chi connectivity index (χ2n) is 13.5. The average Bonchev–Trinajstić information content (AvgIpc) is 3.10. The molecule has 1 heteroatoms. The molecule has 32 heavy (non-hydrogen) atoms. The van der Waals surface area contributed by atoms with Crippen LogP contribution in [0, 0.1) is 58.2 Å². The Morgan fingerprint density at radius 1 is 1.03 bits per heavy atom. The number of fused-ring (bicyclic) bond motifs is 5. The molecule has 1 nitrogen and oxygen atoms in total. The molecule has 0 N–H and O–H groups in total. The maximum Gasteiger partial charge on any atom is 0.133 e. The van der Waals surface area contributed by atoms with Gasteiger partial charge in [0.05, 0.1) is 0 Å². The summed E-state index contributed by atoms with van der Waals surface area (Å²) in [5.74, 6) is 6.97. The van der Waals surface area contributed by atoms with Crippen LogP contribution >= 0.6 is 0 Å². The van der Waals surface area contributed by atoms with Crippen LogP contribution in [0.3, 0.4) is 0 Å². The van der Waals surface area contributed by atoms with Crippen LogP contribution in [0.5, 0.6) is 0 Å². The fraction of sp³-hybridized carbons (Fsp3) is 0.903. The minimum Gasteiger partial charge on any atom is -0.300 e. The van der Waals surface area contributed by atoms with Gasteiger partial charge in [-0.2, -0.15) is 0 Å². The van der Waals surface area contributed by atoms with Crippen molar-refractivity contribution >= 4 is 5.78 Å². The number of hydrogen-bond donors (Lipinski definition) is 0. The van der Waals surface area contributed by atoms with Gasteiger partial charge in [-0.05, 0) is 117 Å². The Hall–Kier alpha value is -0.590. The zero-order valence-electron chi connectivity index (χ0n) is 22.4. The predicted molar refractivity (Wildman–Crippen MR) is 136 cm³/mol. The van der Waals surface area contributed by atoms with Crippen LogP contribution in [-0.4, -0.2) is 5.78 Å². The van der Waals surface area contributed by atoms with E-state index >= 15 is 0 Å². The Kier molecular flexibility index (Phi) is 7.07. The van der Waals surface area contributed by atoms with E-state index in [9.17, 15) is 4.79 Å². The second-order valence-corrected chi connectivity index (χ2v) is 13.5. The monoisotopic (exact) mass is 440 g/mol. The van der Waals surface area contributed by atoms with Crippen molar-refractivity contribution in [1.82, 2.24) is 0 Å². The highest BCUT2D eigenvalue weighted by Gasteiger charge is 2.59. The van der Waals surface area contributed by atoms with Crippen molar-refractivity contribution in [3.05, 3.63) is 11.6 Å². The predicted octanol–water partition coefficient (Wildman–Crippen LogP) is 8.87. The average molecular weight is 441 g/mol. The summed E-state index contributed by atoms with van der Waals surface area (Å²) in [4.78, 5) is 12.1. The molecule has 0 aromatic rings. The van der Waals surface area contributed by atoms with Crippen LogP contribution in [0.4, 0.5) is 0 Å². The van der Waals surface area contributed by atoms with Gasteiger partial charge in [0.1, 0.15) is 5.78 Å².